The van der Waals surface area contributed by atoms with E-state index in [1.807, 2.05) is 0 Å². The van der Waals surface area contributed by atoms with Crippen molar-refractivity contribution in [1.29, 1.82) is 0 Å². The van der Waals surface area contributed by atoms with Gasteiger partial charge in [-0.25, -0.2) is 0 Å². The number of amides is 2. The number of hydrogen-bond donors (Lipinski definition) is 2. The van der Waals surface area contributed by atoms with Gasteiger partial charge in [-0.3, -0.25) is 9.59 Å². The van der Waals surface area contributed by atoms with E-state index in [1.54, 1.807) is 0 Å². The maximum Gasteiger partial charge on any atom is 0.221 e. The molecular formula is C8H12N2O2. The highest BCUT2D eigenvalue weighted by Gasteiger charge is 2.32. The summed E-state index contributed by atoms with van der Waals surface area (Å²) in [5.74, 6) is 0.567. The molecule has 2 aliphatic rings. The van der Waals surface area contributed by atoms with Crippen LogP contribution < -0.4 is 10.6 Å². The Hall–Kier alpha value is -1.06. The van der Waals surface area contributed by atoms with Gasteiger partial charge in [0.25, 0.3) is 0 Å². The van der Waals surface area contributed by atoms with Crippen LogP contribution in [0, 0.1) is 5.92 Å². The highest BCUT2D eigenvalue weighted by atomic mass is 16.2. The van der Waals surface area contributed by atoms with Crippen LogP contribution in [0.25, 0.3) is 0 Å². The predicted molar refractivity (Wildman–Crippen MR) is 42.0 cm³/mol. The molecule has 4 nitrogen and oxygen atoms in total. The molecule has 0 bridgehead atoms. The lowest BCUT2D eigenvalue weighted by Gasteiger charge is -2.36. The van der Waals surface area contributed by atoms with Crippen LogP contribution in [0.2, 0.25) is 0 Å². The lowest BCUT2D eigenvalue weighted by molar-refractivity contribution is -0.130. The van der Waals surface area contributed by atoms with Crippen molar-refractivity contribution in [1.82, 2.24) is 10.6 Å². The first-order valence-electron chi connectivity index (χ1n) is 4.34. The number of piperidine rings is 2. The molecule has 2 amide bonds. The van der Waals surface area contributed by atoms with Crippen LogP contribution in [0.3, 0.4) is 0 Å². The molecule has 0 aromatic heterocycles. The van der Waals surface area contributed by atoms with Crippen molar-refractivity contribution in [2.24, 2.45) is 5.92 Å². The van der Waals surface area contributed by atoms with Crippen molar-refractivity contribution in [3.05, 3.63) is 0 Å². The molecule has 2 aliphatic heterocycles. The Kier molecular flexibility index (Phi) is 1.75. The molecule has 0 atom stereocenters. The number of carbonyl (C=O) groups is 2. The largest absolute Gasteiger partial charge is 0.336 e. The maximum absolute atomic E-state index is 11.0. The Bertz CT molecular complexity index is 205. The van der Waals surface area contributed by atoms with Gasteiger partial charge >= 0.3 is 0 Å². The Morgan fingerprint density at radius 2 is 1.50 bits per heavy atom. The average molecular weight is 168 g/mol. The van der Waals surface area contributed by atoms with Crippen molar-refractivity contribution in [2.45, 2.75) is 31.8 Å². The first-order chi connectivity index (χ1) is 5.75. The zero-order chi connectivity index (χ0) is 8.55. The summed E-state index contributed by atoms with van der Waals surface area (Å²) in [6, 6.07) is 0. The molecule has 0 spiro atoms. The molecule has 0 unspecified atom stereocenters. The van der Waals surface area contributed by atoms with Crippen molar-refractivity contribution in [3.8, 4) is 0 Å². The number of nitrogens with one attached hydrogen (secondary N) is 2. The summed E-state index contributed by atoms with van der Waals surface area (Å²) in [6.45, 7) is 0. The van der Waals surface area contributed by atoms with Crippen molar-refractivity contribution >= 4 is 11.8 Å². The van der Waals surface area contributed by atoms with Gasteiger partial charge in [0.05, 0.1) is 0 Å². The van der Waals surface area contributed by atoms with Crippen molar-refractivity contribution in [3.63, 3.8) is 0 Å². The van der Waals surface area contributed by atoms with Crippen LogP contribution in [0.4, 0.5) is 0 Å². The molecule has 2 fully saturated rings. The summed E-state index contributed by atoms with van der Waals surface area (Å²) in [4.78, 5) is 21.9. The van der Waals surface area contributed by atoms with Crippen LogP contribution in [-0.2, 0) is 9.59 Å². The minimum atomic E-state index is -0.0903. The third kappa shape index (κ3) is 1.29. The fourth-order valence-electron chi connectivity index (χ4n) is 1.87. The van der Waals surface area contributed by atoms with Crippen LogP contribution in [0.1, 0.15) is 25.7 Å². The quantitative estimate of drug-likeness (QED) is 0.524. The molecule has 2 N–H and O–H groups in total. The maximum atomic E-state index is 11.0. The number of fused-ring (bicyclic) bond motifs is 1. The molecular weight excluding hydrogens is 156 g/mol. The topological polar surface area (TPSA) is 58.2 Å². The Morgan fingerprint density at radius 3 is 2.00 bits per heavy atom. The number of hydrogen-bond acceptors (Lipinski definition) is 2. The second-order valence-electron chi connectivity index (χ2n) is 3.45. The normalized spacial score (nSPS) is 35.0. The Labute approximate surface area is 70.7 Å². The molecule has 66 valence electrons. The summed E-state index contributed by atoms with van der Waals surface area (Å²) in [5.41, 5.74) is 0. The minimum absolute atomic E-state index is 0.0541. The highest BCUT2D eigenvalue weighted by Crippen LogP contribution is 2.23. The average Bonchev–Trinajstić information content (AvgIpc) is 2.03. The minimum Gasteiger partial charge on any atom is -0.336 e. The highest BCUT2D eigenvalue weighted by molar-refractivity contribution is 5.81. The van der Waals surface area contributed by atoms with E-state index in [4.69, 9.17) is 0 Å². The second-order valence-corrected chi connectivity index (χ2v) is 3.45. The smallest absolute Gasteiger partial charge is 0.221 e. The van der Waals surface area contributed by atoms with E-state index in [1.165, 1.54) is 0 Å². The van der Waals surface area contributed by atoms with E-state index in [-0.39, 0.29) is 18.0 Å². The molecule has 4 heteroatoms. The summed E-state index contributed by atoms with van der Waals surface area (Å²) >= 11 is 0. The van der Waals surface area contributed by atoms with Gasteiger partial charge in [-0.05, 0) is 18.8 Å². The molecule has 2 saturated heterocycles. The zero-order valence-electron chi connectivity index (χ0n) is 6.80. The van der Waals surface area contributed by atoms with Gasteiger partial charge in [0, 0.05) is 12.8 Å². The summed E-state index contributed by atoms with van der Waals surface area (Å²) in [5, 5.41) is 5.56. The van der Waals surface area contributed by atoms with Crippen molar-refractivity contribution in [2.75, 3.05) is 0 Å². The van der Waals surface area contributed by atoms with E-state index >= 15 is 0 Å². The lowest BCUT2D eigenvalue weighted by atomic mass is 9.88. The van der Waals surface area contributed by atoms with Gasteiger partial charge in [0.2, 0.25) is 11.8 Å². The van der Waals surface area contributed by atoms with Crippen molar-refractivity contribution < 1.29 is 9.59 Å². The molecule has 12 heavy (non-hydrogen) atoms. The summed E-state index contributed by atoms with van der Waals surface area (Å²) in [6.07, 6.45) is 2.95. The van der Waals surface area contributed by atoms with Gasteiger partial charge in [-0.15, -0.1) is 0 Å². The van der Waals surface area contributed by atoms with Crippen LogP contribution in [-0.4, -0.2) is 18.0 Å². The Morgan fingerprint density at radius 1 is 1.00 bits per heavy atom. The van der Waals surface area contributed by atoms with E-state index in [2.05, 4.69) is 10.6 Å². The summed E-state index contributed by atoms with van der Waals surface area (Å²) in [7, 11) is 0. The fraction of sp³-hybridized carbons (Fsp3) is 0.750. The van der Waals surface area contributed by atoms with Crippen LogP contribution in [0.15, 0.2) is 0 Å². The molecule has 2 rings (SSSR count). The second kappa shape index (κ2) is 2.77. The predicted octanol–water partition coefficient (Wildman–Crippen LogP) is -0.251. The van der Waals surface area contributed by atoms with E-state index < -0.39 is 0 Å². The molecule has 0 radical (unpaired) electrons. The van der Waals surface area contributed by atoms with Gasteiger partial charge < -0.3 is 10.6 Å². The molecule has 0 aromatic rings. The van der Waals surface area contributed by atoms with Crippen LogP contribution in [0.5, 0.6) is 0 Å². The monoisotopic (exact) mass is 168 g/mol. The fourth-order valence-corrected chi connectivity index (χ4v) is 1.87. The molecule has 2 heterocycles. The van der Waals surface area contributed by atoms with Gasteiger partial charge in [0.1, 0.15) is 6.17 Å². The Balaban J connectivity index is 2.03. The third-order valence-electron chi connectivity index (χ3n) is 2.59. The first kappa shape index (κ1) is 7.58. The third-order valence-corrected chi connectivity index (χ3v) is 2.59. The molecule has 0 aliphatic carbocycles. The number of rotatable bonds is 0. The van der Waals surface area contributed by atoms with Gasteiger partial charge in [-0.1, -0.05) is 0 Å². The molecule has 0 aromatic carbocycles. The van der Waals surface area contributed by atoms with Crippen LogP contribution >= 0.6 is 0 Å². The van der Waals surface area contributed by atoms with E-state index in [0.29, 0.717) is 18.8 Å². The van der Waals surface area contributed by atoms with Gasteiger partial charge in [-0.2, -0.15) is 0 Å². The first-order valence-corrected chi connectivity index (χ1v) is 4.34. The summed E-state index contributed by atoms with van der Waals surface area (Å²) < 4.78 is 0. The lowest BCUT2D eigenvalue weighted by Crippen LogP contribution is -2.57. The van der Waals surface area contributed by atoms with E-state index in [9.17, 15) is 9.59 Å². The zero-order valence-corrected chi connectivity index (χ0v) is 6.80. The SMILES string of the molecule is O=C1CCC2CCC(=O)NC2N1. The number of carbonyl (C=O) groups excluding carboxylic acids is 2. The van der Waals surface area contributed by atoms with E-state index in [0.717, 1.165) is 12.8 Å². The standard InChI is InChI=1S/C8H12N2O2/c11-6-3-1-5-2-4-7(12)10-8(5)9-6/h5,8H,1-4H2,(H,9,11)(H,10,12). The van der Waals surface area contributed by atoms with Gasteiger partial charge in [0.15, 0.2) is 0 Å². The molecule has 0 saturated carbocycles.